The van der Waals surface area contributed by atoms with Crippen LogP contribution in [0.15, 0.2) is 18.2 Å². The van der Waals surface area contributed by atoms with E-state index in [0.717, 1.165) is 7.11 Å². The Labute approximate surface area is 110 Å². The van der Waals surface area contributed by atoms with Crippen molar-refractivity contribution >= 4 is 17.6 Å². The lowest BCUT2D eigenvalue weighted by molar-refractivity contribution is -0.149. The minimum atomic E-state index is -1.43. The van der Waals surface area contributed by atoms with Gasteiger partial charge in [0.25, 0.3) is 5.91 Å². The molecular formula is C12H16N2O5. The topological polar surface area (TPSA) is 111 Å². The van der Waals surface area contributed by atoms with Crippen molar-refractivity contribution in [1.29, 1.82) is 0 Å². The first-order valence-corrected chi connectivity index (χ1v) is 5.47. The summed E-state index contributed by atoms with van der Waals surface area (Å²) in [7, 11) is 2.56. The number of carbonyl (C=O) groups is 2. The minimum absolute atomic E-state index is 0.155. The molecule has 104 valence electrons. The number of nitrogen functional groups attached to an aromatic ring is 1. The van der Waals surface area contributed by atoms with E-state index < -0.39 is 18.0 Å². The highest BCUT2D eigenvalue weighted by atomic mass is 16.5. The molecule has 0 saturated heterocycles. The molecule has 0 saturated carbocycles. The van der Waals surface area contributed by atoms with Gasteiger partial charge < -0.3 is 25.6 Å². The standard InChI is InChI=1S/C12H16N2O5/c1-18-9-5-3-4-7(13)10(9)11(16)14-6-8(15)12(17)19-2/h3-5,8,15H,6,13H2,1-2H3,(H,14,16). The third-order valence-electron chi connectivity index (χ3n) is 2.43. The summed E-state index contributed by atoms with van der Waals surface area (Å²) >= 11 is 0. The molecule has 19 heavy (non-hydrogen) atoms. The van der Waals surface area contributed by atoms with Gasteiger partial charge in [-0.1, -0.05) is 6.07 Å². The average Bonchev–Trinajstić information content (AvgIpc) is 2.42. The zero-order valence-corrected chi connectivity index (χ0v) is 10.7. The Morgan fingerprint density at radius 1 is 1.42 bits per heavy atom. The number of aliphatic hydroxyl groups is 1. The van der Waals surface area contributed by atoms with E-state index in [0.29, 0.717) is 5.75 Å². The largest absolute Gasteiger partial charge is 0.496 e. The Hall–Kier alpha value is -2.28. The Bertz CT molecular complexity index is 475. The van der Waals surface area contributed by atoms with Gasteiger partial charge in [-0.3, -0.25) is 4.79 Å². The predicted octanol–water partition coefficient (Wildman–Crippen LogP) is -0.459. The van der Waals surface area contributed by atoms with Crippen LogP contribution in [0, 0.1) is 0 Å². The van der Waals surface area contributed by atoms with E-state index in [1.165, 1.54) is 7.11 Å². The summed E-state index contributed by atoms with van der Waals surface area (Å²) in [6.07, 6.45) is -1.43. The number of methoxy groups -OCH3 is 2. The molecule has 0 aliphatic rings. The van der Waals surface area contributed by atoms with Gasteiger partial charge in [-0.05, 0) is 12.1 Å². The molecule has 7 heteroatoms. The second kappa shape index (κ2) is 6.60. The molecule has 1 aromatic carbocycles. The summed E-state index contributed by atoms with van der Waals surface area (Å²) in [4.78, 5) is 22.9. The molecule has 0 aliphatic carbocycles. The van der Waals surface area contributed by atoms with Crippen molar-refractivity contribution in [2.45, 2.75) is 6.10 Å². The Kier molecular flexibility index (Phi) is 5.13. The highest BCUT2D eigenvalue weighted by Gasteiger charge is 2.19. The van der Waals surface area contributed by atoms with Crippen molar-refractivity contribution in [3.05, 3.63) is 23.8 Å². The van der Waals surface area contributed by atoms with E-state index in [1.54, 1.807) is 18.2 Å². The number of esters is 1. The van der Waals surface area contributed by atoms with Gasteiger partial charge in [0, 0.05) is 5.69 Å². The van der Waals surface area contributed by atoms with Gasteiger partial charge in [0.1, 0.15) is 11.3 Å². The van der Waals surface area contributed by atoms with Crippen molar-refractivity contribution in [2.24, 2.45) is 0 Å². The van der Waals surface area contributed by atoms with Gasteiger partial charge >= 0.3 is 5.97 Å². The zero-order valence-electron chi connectivity index (χ0n) is 10.7. The summed E-state index contributed by atoms with van der Waals surface area (Å²) < 4.78 is 9.36. The van der Waals surface area contributed by atoms with Gasteiger partial charge in [-0.2, -0.15) is 0 Å². The Balaban J connectivity index is 2.76. The number of carbonyl (C=O) groups excluding carboxylic acids is 2. The van der Waals surface area contributed by atoms with Crippen LogP contribution >= 0.6 is 0 Å². The highest BCUT2D eigenvalue weighted by Crippen LogP contribution is 2.23. The first-order chi connectivity index (χ1) is 9.01. The molecule has 1 aromatic rings. The third kappa shape index (κ3) is 3.59. The molecule has 1 atom stereocenters. The van der Waals surface area contributed by atoms with E-state index in [9.17, 15) is 14.7 Å². The fourth-order valence-corrected chi connectivity index (χ4v) is 1.46. The van der Waals surface area contributed by atoms with Crippen LogP contribution in [0.5, 0.6) is 5.75 Å². The van der Waals surface area contributed by atoms with Crippen molar-refractivity contribution < 1.29 is 24.2 Å². The first-order valence-electron chi connectivity index (χ1n) is 5.47. The molecule has 0 spiro atoms. The number of hydrogen-bond donors (Lipinski definition) is 3. The van der Waals surface area contributed by atoms with Gasteiger partial charge in [-0.15, -0.1) is 0 Å². The number of nitrogens with one attached hydrogen (secondary N) is 1. The lowest BCUT2D eigenvalue weighted by Crippen LogP contribution is -2.37. The number of hydrogen-bond acceptors (Lipinski definition) is 6. The smallest absolute Gasteiger partial charge is 0.336 e. The summed E-state index contributed by atoms with van der Waals surface area (Å²) in [5.74, 6) is -1.06. The van der Waals surface area contributed by atoms with Crippen LogP contribution in [0.4, 0.5) is 5.69 Å². The van der Waals surface area contributed by atoms with Crippen molar-refractivity contribution in [2.75, 3.05) is 26.5 Å². The van der Waals surface area contributed by atoms with Crippen LogP contribution < -0.4 is 15.8 Å². The molecule has 1 rings (SSSR count). The van der Waals surface area contributed by atoms with E-state index in [-0.39, 0.29) is 17.8 Å². The third-order valence-corrected chi connectivity index (χ3v) is 2.43. The van der Waals surface area contributed by atoms with Crippen molar-refractivity contribution in [3.63, 3.8) is 0 Å². The van der Waals surface area contributed by atoms with Crippen LogP contribution in [0.1, 0.15) is 10.4 Å². The summed E-state index contributed by atoms with van der Waals surface area (Å²) in [6, 6.07) is 4.78. The number of amides is 1. The number of rotatable bonds is 5. The number of benzene rings is 1. The monoisotopic (exact) mass is 268 g/mol. The number of anilines is 1. The van der Waals surface area contributed by atoms with E-state index >= 15 is 0 Å². The van der Waals surface area contributed by atoms with E-state index in [4.69, 9.17) is 10.5 Å². The summed E-state index contributed by atoms with van der Waals surface area (Å²) in [5, 5.41) is 11.7. The molecule has 4 N–H and O–H groups in total. The van der Waals surface area contributed by atoms with Crippen LogP contribution in [-0.4, -0.2) is 43.9 Å². The van der Waals surface area contributed by atoms with Gasteiger partial charge in [0.15, 0.2) is 6.10 Å². The SMILES string of the molecule is COC(=O)C(O)CNC(=O)c1c(N)cccc1OC. The molecule has 0 aliphatic heterocycles. The maximum Gasteiger partial charge on any atom is 0.336 e. The van der Waals surface area contributed by atoms with E-state index in [2.05, 4.69) is 10.1 Å². The fraction of sp³-hybridized carbons (Fsp3) is 0.333. The molecule has 1 unspecified atom stereocenters. The molecule has 0 aromatic heterocycles. The van der Waals surface area contributed by atoms with Gasteiger partial charge in [-0.25, -0.2) is 4.79 Å². The molecular weight excluding hydrogens is 252 g/mol. The zero-order chi connectivity index (χ0) is 14.4. The minimum Gasteiger partial charge on any atom is -0.496 e. The molecule has 0 radical (unpaired) electrons. The van der Waals surface area contributed by atoms with Crippen molar-refractivity contribution in [1.82, 2.24) is 5.32 Å². The predicted molar refractivity (Wildman–Crippen MR) is 67.8 cm³/mol. The molecule has 0 bridgehead atoms. The molecule has 0 heterocycles. The average molecular weight is 268 g/mol. The summed E-state index contributed by atoms with van der Waals surface area (Å²) in [5.41, 5.74) is 6.09. The second-order valence-electron chi connectivity index (χ2n) is 3.67. The molecule has 7 nitrogen and oxygen atoms in total. The van der Waals surface area contributed by atoms with Crippen LogP contribution in [0.2, 0.25) is 0 Å². The Morgan fingerprint density at radius 3 is 2.68 bits per heavy atom. The number of nitrogens with two attached hydrogens (primary N) is 1. The lowest BCUT2D eigenvalue weighted by atomic mass is 10.1. The number of ether oxygens (including phenoxy) is 2. The summed E-state index contributed by atoms with van der Waals surface area (Å²) in [6.45, 7) is -0.275. The molecule has 0 fully saturated rings. The number of aliphatic hydroxyl groups excluding tert-OH is 1. The lowest BCUT2D eigenvalue weighted by Gasteiger charge is -2.13. The van der Waals surface area contributed by atoms with Crippen LogP contribution in [-0.2, 0) is 9.53 Å². The maximum absolute atomic E-state index is 11.9. The Morgan fingerprint density at radius 2 is 2.11 bits per heavy atom. The quantitative estimate of drug-likeness (QED) is 0.492. The second-order valence-corrected chi connectivity index (χ2v) is 3.67. The first kappa shape index (κ1) is 14.8. The highest BCUT2D eigenvalue weighted by molar-refractivity contribution is 6.02. The maximum atomic E-state index is 11.9. The molecule has 1 amide bonds. The van der Waals surface area contributed by atoms with Crippen molar-refractivity contribution in [3.8, 4) is 5.75 Å². The van der Waals surface area contributed by atoms with Gasteiger partial charge in [0.05, 0.1) is 20.8 Å². The van der Waals surface area contributed by atoms with Crippen LogP contribution in [0.25, 0.3) is 0 Å². The fourth-order valence-electron chi connectivity index (χ4n) is 1.46. The van der Waals surface area contributed by atoms with Crippen LogP contribution in [0.3, 0.4) is 0 Å². The normalized spacial score (nSPS) is 11.5. The van der Waals surface area contributed by atoms with Gasteiger partial charge in [0.2, 0.25) is 0 Å². The van der Waals surface area contributed by atoms with E-state index in [1.807, 2.05) is 0 Å².